The van der Waals surface area contributed by atoms with Gasteiger partial charge >= 0.3 is 5.97 Å². The fourth-order valence-electron chi connectivity index (χ4n) is 1.47. The number of anilines is 1. The molecule has 0 radical (unpaired) electrons. The number of nitrogens with zero attached hydrogens (tertiary/aromatic N) is 2. The number of rotatable bonds is 4. The van der Waals surface area contributed by atoms with Crippen LogP contribution in [0.4, 0.5) is 5.69 Å². The molecule has 7 heteroatoms. The van der Waals surface area contributed by atoms with Crippen LogP contribution >= 0.6 is 15.9 Å². The lowest BCUT2D eigenvalue weighted by molar-refractivity contribution is 0.0697. The highest BCUT2D eigenvalue weighted by molar-refractivity contribution is 9.10. The van der Waals surface area contributed by atoms with Crippen molar-refractivity contribution in [3.63, 3.8) is 0 Å². The summed E-state index contributed by atoms with van der Waals surface area (Å²) in [4.78, 5) is 15.2. The van der Waals surface area contributed by atoms with E-state index in [9.17, 15) is 4.79 Å². The third-order valence-electron chi connectivity index (χ3n) is 2.23. The Bertz CT molecular complexity index is 583. The van der Waals surface area contributed by atoms with Crippen LogP contribution in [0.3, 0.4) is 0 Å². The van der Waals surface area contributed by atoms with Crippen LogP contribution in [-0.2, 0) is 6.54 Å². The van der Waals surface area contributed by atoms with Crippen molar-refractivity contribution in [3.8, 4) is 0 Å². The molecule has 2 aromatic rings. The van der Waals surface area contributed by atoms with Gasteiger partial charge in [-0.05, 0) is 35.0 Å². The average Bonchev–Trinajstić information content (AvgIpc) is 2.72. The van der Waals surface area contributed by atoms with Crippen LogP contribution in [-0.4, -0.2) is 21.2 Å². The van der Waals surface area contributed by atoms with Crippen molar-refractivity contribution >= 4 is 27.6 Å². The molecule has 0 unspecified atom stereocenters. The van der Waals surface area contributed by atoms with E-state index in [0.29, 0.717) is 21.9 Å². The number of carboxylic acid groups (broad SMARTS) is 1. The Morgan fingerprint density at radius 3 is 2.94 bits per heavy atom. The largest absolute Gasteiger partial charge is 0.478 e. The van der Waals surface area contributed by atoms with Crippen molar-refractivity contribution < 1.29 is 14.4 Å². The summed E-state index contributed by atoms with van der Waals surface area (Å²) in [6.07, 6.45) is 0. The summed E-state index contributed by atoms with van der Waals surface area (Å²) in [6, 6.07) is 5.10. The monoisotopic (exact) mass is 311 g/mol. The quantitative estimate of drug-likeness (QED) is 0.901. The number of carboxylic acids is 1. The maximum Gasteiger partial charge on any atom is 0.338 e. The van der Waals surface area contributed by atoms with Crippen molar-refractivity contribution in [2.24, 2.45) is 0 Å². The van der Waals surface area contributed by atoms with Crippen LogP contribution in [0.5, 0.6) is 0 Å². The lowest BCUT2D eigenvalue weighted by atomic mass is 10.2. The van der Waals surface area contributed by atoms with E-state index in [4.69, 9.17) is 9.63 Å². The molecule has 0 aliphatic rings. The van der Waals surface area contributed by atoms with Crippen molar-refractivity contribution in [1.82, 2.24) is 10.1 Å². The summed E-state index contributed by atoms with van der Waals surface area (Å²) >= 11 is 3.21. The Morgan fingerprint density at radius 1 is 1.56 bits per heavy atom. The lowest BCUT2D eigenvalue weighted by Gasteiger charge is -2.08. The van der Waals surface area contributed by atoms with Crippen molar-refractivity contribution in [2.45, 2.75) is 13.5 Å². The first-order valence-corrected chi connectivity index (χ1v) is 5.92. The van der Waals surface area contributed by atoms with E-state index >= 15 is 0 Å². The van der Waals surface area contributed by atoms with Gasteiger partial charge < -0.3 is 14.9 Å². The molecule has 0 saturated carbocycles. The topological polar surface area (TPSA) is 88.2 Å². The zero-order chi connectivity index (χ0) is 13.1. The molecular weight excluding hydrogens is 302 g/mol. The van der Waals surface area contributed by atoms with E-state index in [-0.39, 0.29) is 12.1 Å². The van der Waals surface area contributed by atoms with E-state index < -0.39 is 5.97 Å². The molecule has 0 aliphatic carbocycles. The van der Waals surface area contributed by atoms with Crippen molar-refractivity contribution in [2.75, 3.05) is 5.32 Å². The summed E-state index contributed by atoms with van der Waals surface area (Å²) in [6.45, 7) is 1.99. The molecule has 0 atom stereocenters. The van der Waals surface area contributed by atoms with Crippen LogP contribution in [0, 0.1) is 6.92 Å². The molecule has 2 rings (SSSR count). The molecule has 0 spiro atoms. The van der Waals surface area contributed by atoms with Crippen molar-refractivity contribution in [1.29, 1.82) is 0 Å². The lowest BCUT2D eigenvalue weighted by Crippen LogP contribution is -2.07. The van der Waals surface area contributed by atoms with Crippen LogP contribution in [0.15, 0.2) is 27.2 Å². The number of aromatic carboxylic acids is 1. The highest BCUT2D eigenvalue weighted by Gasteiger charge is 2.14. The average molecular weight is 312 g/mol. The van der Waals surface area contributed by atoms with E-state index in [1.54, 1.807) is 25.1 Å². The Hall–Kier alpha value is -1.89. The van der Waals surface area contributed by atoms with Crippen LogP contribution in [0.2, 0.25) is 0 Å². The summed E-state index contributed by atoms with van der Waals surface area (Å²) in [7, 11) is 0. The van der Waals surface area contributed by atoms with Gasteiger partial charge in [0.1, 0.15) is 0 Å². The smallest absolute Gasteiger partial charge is 0.338 e. The van der Waals surface area contributed by atoms with Gasteiger partial charge in [0, 0.05) is 4.47 Å². The maximum absolute atomic E-state index is 11.1. The highest BCUT2D eigenvalue weighted by Crippen LogP contribution is 2.25. The standard InChI is InChI=1S/C11H10BrN3O3/c1-6-14-9(18-15-6)5-13-8-4-2-3-7(12)10(8)11(16)17/h2-4,13H,5H2,1H3,(H,16,17). The molecule has 0 amide bonds. The first-order valence-electron chi connectivity index (χ1n) is 5.13. The van der Waals surface area contributed by atoms with Gasteiger partial charge in [-0.15, -0.1) is 0 Å². The second-order valence-electron chi connectivity index (χ2n) is 3.56. The Balaban J connectivity index is 2.19. The number of halogens is 1. The SMILES string of the molecule is Cc1noc(CNc2cccc(Br)c2C(=O)O)n1. The minimum absolute atomic E-state index is 0.175. The molecule has 2 N–H and O–H groups in total. The molecule has 0 aliphatic heterocycles. The van der Waals surface area contributed by atoms with Gasteiger partial charge in [-0.2, -0.15) is 4.98 Å². The highest BCUT2D eigenvalue weighted by atomic mass is 79.9. The zero-order valence-electron chi connectivity index (χ0n) is 9.48. The van der Waals surface area contributed by atoms with Crippen molar-refractivity contribution in [3.05, 3.63) is 40.0 Å². The Labute approximate surface area is 111 Å². The molecule has 1 aromatic heterocycles. The van der Waals surface area contributed by atoms with E-state index in [0.717, 1.165) is 0 Å². The second kappa shape index (κ2) is 5.18. The van der Waals surface area contributed by atoms with Crippen LogP contribution in [0.25, 0.3) is 0 Å². The van der Waals surface area contributed by atoms with Crippen LogP contribution < -0.4 is 5.32 Å². The summed E-state index contributed by atoms with van der Waals surface area (Å²) < 4.78 is 5.45. The Kier molecular flexibility index (Phi) is 3.61. The van der Waals surface area contributed by atoms with E-state index in [1.807, 2.05) is 0 Å². The molecule has 94 valence electrons. The zero-order valence-corrected chi connectivity index (χ0v) is 11.1. The maximum atomic E-state index is 11.1. The minimum atomic E-state index is -1.01. The fraction of sp³-hybridized carbons (Fsp3) is 0.182. The number of hydrogen-bond acceptors (Lipinski definition) is 5. The molecule has 0 bridgehead atoms. The first kappa shape index (κ1) is 12.6. The molecular formula is C11H10BrN3O3. The predicted molar refractivity (Wildman–Crippen MR) is 67.5 cm³/mol. The van der Waals surface area contributed by atoms with Gasteiger partial charge in [0.05, 0.1) is 17.8 Å². The normalized spacial score (nSPS) is 10.3. The van der Waals surface area contributed by atoms with E-state index in [2.05, 4.69) is 31.4 Å². The van der Waals surface area contributed by atoms with Gasteiger partial charge in [0.25, 0.3) is 0 Å². The number of carbonyl (C=O) groups is 1. The molecule has 1 aromatic carbocycles. The minimum Gasteiger partial charge on any atom is -0.478 e. The predicted octanol–water partition coefficient (Wildman–Crippen LogP) is 2.45. The number of nitrogens with one attached hydrogen (secondary N) is 1. The van der Waals surface area contributed by atoms with Gasteiger partial charge in [-0.1, -0.05) is 11.2 Å². The van der Waals surface area contributed by atoms with E-state index in [1.165, 1.54) is 0 Å². The molecule has 6 nitrogen and oxygen atoms in total. The summed E-state index contributed by atoms with van der Waals surface area (Å²) in [5.41, 5.74) is 0.668. The Morgan fingerprint density at radius 2 is 2.33 bits per heavy atom. The second-order valence-corrected chi connectivity index (χ2v) is 4.41. The summed E-state index contributed by atoms with van der Waals surface area (Å²) in [5, 5.41) is 15.7. The van der Waals surface area contributed by atoms with Gasteiger partial charge in [-0.3, -0.25) is 0 Å². The molecule has 0 saturated heterocycles. The third-order valence-corrected chi connectivity index (χ3v) is 2.89. The fourth-order valence-corrected chi connectivity index (χ4v) is 2.01. The number of hydrogen-bond donors (Lipinski definition) is 2. The molecule has 0 fully saturated rings. The number of aryl methyl sites for hydroxylation is 1. The third kappa shape index (κ3) is 2.67. The summed E-state index contributed by atoms with van der Waals surface area (Å²) in [5.74, 6) is -0.0602. The van der Waals surface area contributed by atoms with Crippen LogP contribution in [0.1, 0.15) is 22.1 Å². The first-order chi connectivity index (χ1) is 8.58. The molecule has 1 heterocycles. The number of aromatic nitrogens is 2. The molecule has 18 heavy (non-hydrogen) atoms. The van der Waals surface area contributed by atoms with Gasteiger partial charge in [-0.25, -0.2) is 4.79 Å². The number of benzene rings is 1. The van der Waals surface area contributed by atoms with Gasteiger partial charge in [0.15, 0.2) is 5.82 Å². The van der Waals surface area contributed by atoms with Gasteiger partial charge in [0.2, 0.25) is 5.89 Å².